The molecule has 1 N–H and O–H groups in total. The lowest BCUT2D eigenvalue weighted by molar-refractivity contribution is 0.102. The van der Waals surface area contributed by atoms with Crippen molar-refractivity contribution < 1.29 is 9.53 Å². The van der Waals surface area contributed by atoms with Gasteiger partial charge in [0.2, 0.25) is 0 Å². The number of anilines is 1. The van der Waals surface area contributed by atoms with Gasteiger partial charge in [0.1, 0.15) is 17.4 Å². The van der Waals surface area contributed by atoms with Crippen LogP contribution in [-0.4, -0.2) is 37.6 Å². The predicted octanol–water partition coefficient (Wildman–Crippen LogP) is 3.16. The van der Waals surface area contributed by atoms with Crippen LogP contribution in [0.2, 0.25) is 0 Å². The van der Waals surface area contributed by atoms with Gasteiger partial charge in [0.25, 0.3) is 5.91 Å². The average molecular weight is 413 g/mol. The molecule has 3 aromatic heterocycles. The van der Waals surface area contributed by atoms with E-state index in [2.05, 4.69) is 21.6 Å². The molecule has 154 valence electrons. The van der Waals surface area contributed by atoms with E-state index in [4.69, 9.17) is 9.72 Å². The number of pyridine rings is 1. The number of ether oxygens (including phenoxy) is 1. The molecule has 1 aliphatic carbocycles. The Morgan fingerprint density at radius 3 is 2.68 bits per heavy atom. The number of carbonyl (C=O) groups excluding carboxylic acids is 1. The summed E-state index contributed by atoms with van der Waals surface area (Å²) in [6.45, 7) is 0. The van der Waals surface area contributed by atoms with Gasteiger partial charge in [0.15, 0.2) is 11.5 Å². The van der Waals surface area contributed by atoms with Gasteiger partial charge in [-0.05, 0) is 43.2 Å². The Kier molecular flexibility index (Phi) is 4.40. The average Bonchev–Trinajstić information content (AvgIpc) is 3.48. The monoisotopic (exact) mass is 413 g/mol. The van der Waals surface area contributed by atoms with Crippen molar-refractivity contribution in [2.75, 3.05) is 12.4 Å². The van der Waals surface area contributed by atoms with Crippen molar-refractivity contribution in [2.24, 2.45) is 7.05 Å². The molecule has 0 spiro atoms. The van der Waals surface area contributed by atoms with Crippen molar-refractivity contribution in [3.63, 3.8) is 0 Å². The van der Waals surface area contributed by atoms with E-state index in [1.807, 2.05) is 6.07 Å². The minimum absolute atomic E-state index is 0.267. The fourth-order valence-electron chi connectivity index (χ4n) is 3.55. The number of benzene rings is 1. The van der Waals surface area contributed by atoms with Crippen LogP contribution in [-0.2, 0) is 7.05 Å². The van der Waals surface area contributed by atoms with Crippen LogP contribution in [0, 0.1) is 11.3 Å². The predicted molar refractivity (Wildman–Crippen MR) is 113 cm³/mol. The van der Waals surface area contributed by atoms with E-state index in [9.17, 15) is 10.1 Å². The van der Waals surface area contributed by atoms with Crippen LogP contribution in [0.15, 0.2) is 42.7 Å². The molecule has 1 aromatic carbocycles. The fraction of sp³-hybridized carbons (Fsp3) is 0.227. The molecule has 0 unspecified atom stereocenters. The van der Waals surface area contributed by atoms with E-state index in [1.165, 1.54) is 10.9 Å². The highest BCUT2D eigenvalue weighted by molar-refractivity contribution is 6.12. The first-order chi connectivity index (χ1) is 15.1. The maximum Gasteiger partial charge on any atom is 0.257 e. The fourth-order valence-corrected chi connectivity index (χ4v) is 3.55. The van der Waals surface area contributed by atoms with Crippen molar-refractivity contribution in [1.29, 1.82) is 5.26 Å². The number of aryl methyl sites for hydroxylation is 1. The second-order valence-electron chi connectivity index (χ2n) is 7.46. The third-order valence-electron chi connectivity index (χ3n) is 5.40. The summed E-state index contributed by atoms with van der Waals surface area (Å²) in [6, 6.07) is 11.1. The summed E-state index contributed by atoms with van der Waals surface area (Å²) in [4.78, 5) is 18.0. The van der Waals surface area contributed by atoms with E-state index in [-0.39, 0.29) is 11.5 Å². The number of fused-ring (bicyclic) bond motifs is 1. The van der Waals surface area contributed by atoms with Crippen LogP contribution in [0.25, 0.3) is 16.7 Å². The topological polar surface area (TPSA) is 111 Å². The van der Waals surface area contributed by atoms with E-state index in [0.717, 1.165) is 18.5 Å². The Morgan fingerprint density at radius 2 is 2.00 bits per heavy atom. The number of rotatable bonds is 5. The van der Waals surface area contributed by atoms with E-state index < -0.39 is 0 Å². The Labute approximate surface area is 177 Å². The quantitative estimate of drug-likeness (QED) is 0.538. The summed E-state index contributed by atoms with van der Waals surface area (Å²) in [6.07, 6.45) is 5.21. The van der Waals surface area contributed by atoms with Crippen molar-refractivity contribution >= 4 is 22.8 Å². The molecule has 0 atom stereocenters. The summed E-state index contributed by atoms with van der Waals surface area (Å²) >= 11 is 0. The largest absolute Gasteiger partial charge is 0.497 e. The highest BCUT2D eigenvalue weighted by atomic mass is 16.5. The molecular weight excluding hydrogens is 394 g/mol. The summed E-state index contributed by atoms with van der Waals surface area (Å²) < 4.78 is 8.39. The molecule has 0 saturated heterocycles. The van der Waals surface area contributed by atoms with Crippen LogP contribution >= 0.6 is 0 Å². The molecule has 1 amide bonds. The summed E-state index contributed by atoms with van der Waals surface area (Å²) in [5.74, 6) is 1.05. The second-order valence-corrected chi connectivity index (χ2v) is 7.46. The number of nitrogens with one attached hydrogen (secondary N) is 1. The number of nitrogens with zero attached hydrogens (tertiary/aromatic N) is 6. The SMILES string of the molecule is COc1ccc(-n2ncc(C#N)c2NC(=O)c2cc(C3CC3)nc3c2cnn3C)cc1. The van der Waals surface area contributed by atoms with Gasteiger partial charge >= 0.3 is 0 Å². The van der Waals surface area contributed by atoms with Crippen LogP contribution in [0.3, 0.4) is 0 Å². The zero-order chi connectivity index (χ0) is 21.5. The van der Waals surface area contributed by atoms with Crippen molar-refractivity contribution in [3.8, 4) is 17.5 Å². The molecule has 1 fully saturated rings. The van der Waals surface area contributed by atoms with E-state index in [0.29, 0.717) is 39.8 Å². The lowest BCUT2D eigenvalue weighted by Gasteiger charge is -2.11. The molecule has 0 bridgehead atoms. The van der Waals surface area contributed by atoms with Gasteiger partial charge in [-0.1, -0.05) is 0 Å². The number of carbonyl (C=O) groups is 1. The van der Waals surface area contributed by atoms with Crippen molar-refractivity contribution in [1.82, 2.24) is 24.5 Å². The summed E-state index contributed by atoms with van der Waals surface area (Å²) in [5.41, 5.74) is 3.00. The van der Waals surface area contributed by atoms with Gasteiger partial charge in [-0.25, -0.2) is 9.67 Å². The van der Waals surface area contributed by atoms with Gasteiger partial charge in [0, 0.05) is 18.7 Å². The number of hydrogen-bond donors (Lipinski definition) is 1. The standard InChI is InChI=1S/C22H19N7O2/c1-28-21-18(12-24-28)17(9-19(26-21)13-3-4-13)22(30)27-20-14(10-23)11-25-29(20)15-5-7-16(31-2)8-6-15/h5-9,11-13H,3-4H2,1-2H3,(H,27,30). The Bertz CT molecular complexity index is 1340. The minimum Gasteiger partial charge on any atom is -0.497 e. The first-order valence-corrected chi connectivity index (χ1v) is 9.85. The molecule has 9 heteroatoms. The smallest absolute Gasteiger partial charge is 0.257 e. The molecular formula is C22H19N7O2. The molecule has 4 aromatic rings. The normalized spacial score (nSPS) is 13.2. The minimum atomic E-state index is -0.339. The molecule has 1 aliphatic rings. The first kappa shape index (κ1) is 18.8. The van der Waals surface area contributed by atoms with Gasteiger partial charge in [-0.3, -0.25) is 9.48 Å². The highest BCUT2D eigenvalue weighted by Gasteiger charge is 2.28. The lowest BCUT2D eigenvalue weighted by Crippen LogP contribution is -2.17. The van der Waals surface area contributed by atoms with Crippen molar-refractivity contribution in [2.45, 2.75) is 18.8 Å². The van der Waals surface area contributed by atoms with E-state index >= 15 is 0 Å². The zero-order valence-electron chi connectivity index (χ0n) is 17.0. The van der Waals surface area contributed by atoms with Gasteiger partial charge in [-0.15, -0.1) is 0 Å². The Morgan fingerprint density at radius 1 is 1.23 bits per heavy atom. The molecule has 0 aliphatic heterocycles. The molecule has 3 heterocycles. The molecule has 9 nitrogen and oxygen atoms in total. The van der Waals surface area contributed by atoms with E-state index in [1.54, 1.807) is 49.3 Å². The van der Waals surface area contributed by atoms with Crippen LogP contribution in [0.4, 0.5) is 5.82 Å². The zero-order valence-corrected chi connectivity index (χ0v) is 17.0. The Hall–Kier alpha value is -4.19. The van der Waals surface area contributed by atoms with Crippen LogP contribution in [0.5, 0.6) is 5.75 Å². The number of hydrogen-bond acceptors (Lipinski definition) is 6. The Balaban J connectivity index is 1.55. The molecule has 1 saturated carbocycles. The van der Waals surface area contributed by atoms with Crippen LogP contribution in [0.1, 0.15) is 40.4 Å². The highest BCUT2D eigenvalue weighted by Crippen LogP contribution is 2.40. The number of methoxy groups -OCH3 is 1. The third kappa shape index (κ3) is 3.28. The molecule has 0 radical (unpaired) electrons. The number of aromatic nitrogens is 5. The summed E-state index contributed by atoms with van der Waals surface area (Å²) in [5, 5.41) is 21.7. The van der Waals surface area contributed by atoms with Gasteiger partial charge in [0.05, 0.1) is 36.1 Å². The molecule has 5 rings (SSSR count). The molecule has 31 heavy (non-hydrogen) atoms. The van der Waals surface area contributed by atoms with Gasteiger partial charge < -0.3 is 10.1 Å². The third-order valence-corrected chi connectivity index (χ3v) is 5.40. The summed E-state index contributed by atoms with van der Waals surface area (Å²) in [7, 11) is 3.40. The van der Waals surface area contributed by atoms with Crippen LogP contribution < -0.4 is 10.1 Å². The number of amides is 1. The van der Waals surface area contributed by atoms with Gasteiger partial charge in [-0.2, -0.15) is 15.5 Å². The first-order valence-electron chi connectivity index (χ1n) is 9.85. The lowest BCUT2D eigenvalue weighted by atomic mass is 10.1. The second kappa shape index (κ2) is 7.25. The van der Waals surface area contributed by atoms with Crippen molar-refractivity contribution in [3.05, 3.63) is 59.5 Å². The maximum atomic E-state index is 13.3. The number of nitriles is 1. The maximum absolute atomic E-state index is 13.3.